The lowest BCUT2D eigenvalue weighted by atomic mass is 9.57. The number of esters is 1. The molecule has 2 atom stereocenters. The maximum atomic E-state index is 11.2. The second-order valence-electron chi connectivity index (χ2n) is 6.13. The van der Waals surface area contributed by atoms with Gasteiger partial charge in [-0.2, -0.15) is 0 Å². The molecule has 0 aromatic rings. The van der Waals surface area contributed by atoms with Crippen LogP contribution in [0.4, 0.5) is 0 Å². The van der Waals surface area contributed by atoms with Crippen LogP contribution in [0.15, 0.2) is 23.8 Å². The largest absolute Gasteiger partial charge is 0.462 e. The highest BCUT2D eigenvalue weighted by atomic mass is 16.5. The van der Waals surface area contributed by atoms with Crippen LogP contribution in [0.3, 0.4) is 0 Å². The van der Waals surface area contributed by atoms with E-state index in [2.05, 4.69) is 39.0 Å². The van der Waals surface area contributed by atoms with Gasteiger partial charge in [-0.15, -0.1) is 0 Å². The zero-order chi connectivity index (χ0) is 12.7. The van der Waals surface area contributed by atoms with Crippen LogP contribution in [0.1, 0.15) is 47.0 Å². The van der Waals surface area contributed by atoms with Gasteiger partial charge in [-0.1, -0.05) is 44.6 Å². The monoisotopic (exact) mass is 234 g/mol. The van der Waals surface area contributed by atoms with Gasteiger partial charge in [-0.25, -0.2) is 0 Å². The highest BCUT2D eigenvalue weighted by Gasteiger charge is 2.48. The summed E-state index contributed by atoms with van der Waals surface area (Å²) in [6.07, 6.45) is 9.79. The SMILES string of the molecule is CC(=O)O[C@@H]1CC[C@]2(C)CC=CC=C2C1(C)C. The summed E-state index contributed by atoms with van der Waals surface area (Å²) in [4.78, 5) is 11.2. The molecule has 0 bridgehead atoms. The molecule has 2 aliphatic rings. The predicted molar refractivity (Wildman–Crippen MR) is 68.5 cm³/mol. The number of hydrogen-bond acceptors (Lipinski definition) is 2. The van der Waals surface area contributed by atoms with Gasteiger partial charge in [-0.05, 0) is 24.7 Å². The zero-order valence-electron chi connectivity index (χ0n) is 11.2. The van der Waals surface area contributed by atoms with Gasteiger partial charge in [0.2, 0.25) is 0 Å². The lowest BCUT2D eigenvalue weighted by molar-refractivity contribution is -0.154. The van der Waals surface area contributed by atoms with Crippen molar-refractivity contribution in [2.45, 2.75) is 53.1 Å². The average molecular weight is 234 g/mol. The van der Waals surface area contributed by atoms with Gasteiger partial charge in [0, 0.05) is 12.3 Å². The lowest BCUT2D eigenvalue weighted by Crippen LogP contribution is -2.46. The molecule has 0 aromatic carbocycles. The molecule has 0 aromatic heterocycles. The van der Waals surface area contributed by atoms with E-state index in [1.165, 1.54) is 12.5 Å². The van der Waals surface area contributed by atoms with E-state index in [1.807, 2.05) is 0 Å². The highest BCUT2D eigenvalue weighted by Crippen LogP contribution is 2.54. The summed E-state index contributed by atoms with van der Waals surface area (Å²) in [6, 6.07) is 0. The van der Waals surface area contributed by atoms with Crippen molar-refractivity contribution in [2.75, 3.05) is 0 Å². The number of allylic oxidation sites excluding steroid dienone is 3. The molecule has 0 saturated heterocycles. The Morgan fingerprint density at radius 1 is 1.41 bits per heavy atom. The summed E-state index contributed by atoms with van der Waals surface area (Å²) in [5.41, 5.74) is 1.64. The second-order valence-corrected chi connectivity index (χ2v) is 6.13. The topological polar surface area (TPSA) is 26.3 Å². The Labute approximate surface area is 104 Å². The predicted octanol–water partition coefficient (Wildman–Crippen LogP) is 3.63. The smallest absolute Gasteiger partial charge is 0.302 e. The van der Waals surface area contributed by atoms with Crippen LogP contribution in [0.2, 0.25) is 0 Å². The van der Waals surface area contributed by atoms with Crippen molar-refractivity contribution in [1.82, 2.24) is 0 Å². The van der Waals surface area contributed by atoms with Crippen LogP contribution in [-0.4, -0.2) is 12.1 Å². The van der Waals surface area contributed by atoms with E-state index in [4.69, 9.17) is 4.74 Å². The van der Waals surface area contributed by atoms with Gasteiger partial charge >= 0.3 is 5.97 Å². The van der Waals surface area contributed by atoms with Crippen LogP contribution in [0, 0.1) is 10.8 Å². The molecule has 0 amide bonds. The first-order valence-corrected chi connectivity index (χ1v) is 6.41. The minimum absolute atomic E-state index is 0.0193. The highest BCUT2D eigenvalue weighted by molar-refractivity contribution is 5.66. The number of hydrogen-bond donors (Lipinski definition) is 0. The Bertz CT molecular complexity index is 390. The third kappa shape index (κ3) is 2.05. The first kappa shape index (κ1) is 12.4. The number of ether oxygens (including phenoxy) is 1. The maximum Gasteiger partial charge on any atom is 0.302 e. The van der Waals surface area contributed by atoms with Gasteiger partial charge in [0.05, 0.1) is 0 Å². The van der Waals surface area contributed by atoms with Gasteiger partial charge in [0.15, 0.2) is 0 Å². The molecule has 0 radical (unpaired) electrons. The third-order valence-electron chi connectivity index (χ3n) is 4.38. The Hall–Kier alpha value is -1.05. The Morgan fingerprint density at radius 2 is 2.12 bits per heavy atom. The Balaban J connectivity index is 2.32. The molecule has 0 spiro atoms. The van der Waals surface area contributed by atoms with Gasteiger partial charge < -0.3 is 4.74 Å². The molecule has 1 saturated carbocycles. The summed E-state index contributed by atoms with van der Waals surface area (Å²) in [6.45, 7) is 8.22. The molecule has 0 aliphatic heterocycles. The van der Waals surface area contributed by atoms with E-state index < -0.39 is 0 Å². The molecule has 2 heteroatoms. The molecular weight excluding hydrogens is 212 g/mol. The zero-order valence-corrected chi connectivity index (χ0v) is 11.2. The average Bonchev–Trinajstić information content (AvgIpc) is 2.22. The van der Waals surface area contributed by atoms with Crippen LogP contribution in [-0.2, 0) is 9.53 Å². The van der Waals surface area contributed by atoms with Crippen LogP contribution in [0.25, 0.3) is 0 Å². The number of carbonyl (C=O) groups is 1. The second kappa shape index (κ2) is 4.01. The first-order chi connectivity index (χ1) is 7.86. The van der Waals surface area contributed by atoms with E-state index in [0.717, 1.165) is 19.3 Å². The van der Waals surface area contributed by atoms with Crippen LogP contribution >= 0.6 is 0 Å². The normalized spacial score (nSPS) is 34.8. The number of carbonyl (C=O) groups excluding carboxylic acids is 1. The molecule has 2 nitrogen and oxygen atoms in total. The number of rotatable bonds is 1. The first-order valence-electron chi connectivity index (χ1n) is 6.41. The van der Waals surface area contributed by atoms with Crippen molar-refractivity contribution in [3.05, 3.63) is 23.8 Å². The summed E-state index contributed by atoms with van der Waals surface area (Å²) >= 11 is 0. The maximum absolute atomic E-state index is 11.2. The summed E-state index contributed by atoms with van der Waals surface area (Å²) < 4.78 is 5.50. The van der Waals surface area contributed by atoms with E-state index in [0.29, 0.717) is 0 Å². The quantitative estimate of drug-likeness (QED) is 0.648. The van der Waals surface area contributed by atoms with Crippen molar-refractivity contribution in [3.63, 3.8) is 0 Å². The van der Waals surface area contributed by atoms with Gasteiger partial charge in [0.1, 0.15) is 6.10 Å². The van der Waals surface area contributed by atoms with Crippen LogP contribution < -0.4 is 0 Å². The third-order valence-corrected chi connectivity index (χ3v) is 4.38. The van der Waals surface area contributed by atoms with E-state index in [1.54, 1.807) is 0 Å². The van der Waals surface area contributed by atoms with E-state index in [9.17, 15) is 4.79 Å². The molecule has 94 valence electrons. The van der Waals surface area contributed by atoms with E-state index >= 15 is 0 Å². The summed E-state index contributed by atoms with van der Waals surface area (Å²) in [5.74, 6) is -0.168. The van der Waals surface area contributed by atoms with Crippen molar-refractivity contribution < 1.29 is 9.53 Å². The summed E-state index contributed by atoms with van der Waals surface area (Å²) in [5, 5.41) is 0. The summed E-state index contributed by atoms with van der Waals surface area (Å²) in [7, 11) is 0. The van der Waals surface area contributed by atoms with Crippen molar-refractivity contribution >= 4 is 5.97 Å². The molecule has 0 N–H and O–H groups in total. The molecule has 1 fully saturated rings. The number of fused-ring (bicyclic) bond motifs is 1. The minimum Gasteiger partial charge on any atom is -0.462 e. The lowest BCUT2D eigenvalue weighted by Gasteiger charge is -2.50. The Morgan fingerprint density at radius 3 is 2.76 bits per heavy atom. The molecule has 2 aliphatic carbocycles. The van der Waals surface area contributed by atoms with Gasteiger partial charge in [-0.3, -0.25) is 4.79 Å². The van der Waals surface area contributed by atoms with Gasteiger partial charge in [0.25, 0.3) is 0 Å². The van der Waals surface area contributed by atoms with Crippen molar-refractivity contribution in [2.24, 2.45) is 10.8 Å². The fourth-order valence-electron chi connectivity index (χ4n) is 3.42. The fraction of sp³-hybridized carbons (Fsp3) is 0.667. The molecule has 2 rings (SSSR count). The fourth-order valence-corrected chi connectivity index (χ4v) is 3.42. The van der Waals surface area contributed by atoms with Crippen molar-refractivity contribution in [1.29, 1.82) is 0 Å². The Kier molecular flexibility index (Phi) is 2.92. The standard InChI is InChI=1S/C15H22O2/c1-11(16)17-13-8-10-15(4)9-6-5-7-12(15)14(13,2)3/h5-7,13H,8-10H2,1-4H3/t13-,15+/m1/s1. The van der Waals surface area contributed by atoms with Crippen LogP contribution in [0.5, 0.6) is 0 Å². The molecule has 0 heterocycles. The molecule has 0 unspecified atom stereocenters. The minimum atomic E-state index is -0.168. The van der Waals surface area contributed by atoms with E-state index in [-0.39, 0.29) is 22.9 Å². The molecule has 17 heavy (non-hydrogen) atoms. The van der Waals surface area contributed by atoms with Crippen molar-refractivity contribution in [3.8, 4) is 0 Å². The molecular formula is C15H22O2.